The molecular formula is C28H21ClN2O4S. The number of aliphatic hydroxyl groups excluding tert-OH is 1. The Morgan fingerprint density at radius 2 is 1.86 bits per heavy atom. The van der Waals surface area contributed by atoms with Crippen LogP contribution in [0.25, 0.3) is 5.76 Å². The number of thiazole rings is 1. The van der Waals surface area contributed by atoms with E-state index in [1.54, 1.807) is 60.1 Å². The minimum Gasteiger partial charge on any atom is -0.507 e. The maximum absolute atomic E-state index is 13.2. The zero-order valence-electron chi connectivity index (χ0n) is 19.2. The number of ether oxygens (including phenoxy) is 1. The second kappa shape index (κ2) is 9.97. The molecule has 0 bridgehead atoms. The van der Waals surface area contributed by atoms with Crippen molar-refractivity contribution in [2.45, 2.75) is 19.6 Å². The van der Waals surface area contributed by atoms with E-state index >= 15 is 0 Å². The zero-order chi connectivity index (χ0) is 25.2. The van der Waals surface area contributed by atoms with E-state index in [0.717, 1.165) is 11.1 Å². The van der Waals surface area contributed by atoms with Gasteiger partial charge in [0.1, 0.15) is 18.1 Å². The lowest BCUT2D eigenvalue weighted by Crippen LogP contribution is -2.29. The van der Waals surface area contributed by atoms with Crippen molar-refractivity contribution in [1.82, 2.24) is 4.98 Å². The van der Waals surface area contributed by atoms with Crippen LogP contribution in [0.5, 0.6) is 5.75 Å². The minimum absolute atomic E-state index is 0.0223. The van der Waals surface area contributed by atoms with Gasteiger partial charge < -0.3 is 9.84 Å². The summed E-state index contributed by atoms with van der Waals surface area (Å²) in [6.07, 6.45) is 1.56. The molecule has 1 fully saturated rings. The molecule has 0 spiro atoms. The third-order valence-corrected chi connectivity index (χ3v) is 6.86. The number of halogens is 1. The molecule has 2 heterocycles. The van der Waals surface area contributed by atoms with Gasteiger partial charge in [0.05, 0.1) is 11.6 Å². The van der Waals surface area contributed by atoms with Crippen LogP contribution in [-0.4, -0.2) is 21.8 Å². The number of aromatic nitrogens is 1. The topological polar surface area (TPSA) is 79.7 Å². The lowest BCUT2D eigenvalue weighted by molar-refractivity contribution is -0.132. The summed E-state index contributed by atoms with van der Waals surface area (Å²) in [6.45, 7) is 2.43. The number of anilines is 1. The Balaban J connectivity index is 1.49. The number of nitrogens with zero attached hydrogens (tertiary/aromatic N) is 2. The van der Waals surface area contributed by atoms with Gasteiger partial charge in [0, 0.05) is 22.2 Å². The van der Waals surface area contributed by atoms with Crippen LogP contribution in [0.1, 0.15) is 28.3 Å². The largest absolute Gasteiger partial charge is 0.507 e. The van der Waals surface area contributed by atoms with Gasteiger partial charge in [-0.1, -0.05) is 53.6 Å². The van der Waals surface area contributed by atoms with Gasteiger partial charge in [-0.15, -0.1) is 11.3 Å². The van der Waals surface area contributed by atoms with Crippen molar-refractivity contribution >= 4 is 45.5 Å². The second-order valence-electron chi connectivity index (χ2n) is 8.34. The normalized spacial score (nSPS) is 16.9. The first kappa shape index (κ1) is 23.8. The Hall–Kier alpha value is -3.94. The lowest BCUT2D eigenvalue weighted by Gasteiger charge is -2.23. The number of rotatable bonds is 6. The van der Waals surface area contributed by atoms with Crippen molar-refractivity contribution in [3.8, 4) is 5.75 Å². The van der Waals surface area contributed by atoms with Crippen molar-refractivity contribution in [3.05, 3.63) is 117 Å². The monoisotopic (exact) mass is 516 g/mol. The maximum atomic E-state index is 13.2. The Bertz CT molecular complexity index is 1470. The molecular weight excluding hydrogens is 496 g/mol. The fourth-order valence-corrected chi connectivity index (χ4v) is 5.06. The molecule has 4 aromatic rings. The molecule has 5 rings (SSSR count). The van der Waals surface area contributed by atoms with E-state index in [-0.39, 0.29) is 11.3 Å². The van der Waals surface area contributed by atoms with Crippen LogP contribution in [-0.2, 0) is 16.2 Å². The van der Waals surface area contributed by atoms with Gasteiger partial charge in [0.15, 0.2) is 5.13 Å². The molecule has 8 heteroatoms. The minimum atomic E-state index is -0.868. The molecule has 3 aromatic carbocycles. The van der Waals surface area contributed by atoms with Gasteiger partial charge in [-0.25, -0.2) is 4.98 Å². The molecule has 1 unspecified atom stereocenters. The summed E-state index contributed by atoms with van der Waals surface area (Å²) >= 11 is 7.45. The Labute approximate surface area is 217 Å². The molecule has 1 aliphatic rings. The Morgan fingerprint density at radius 1 is 1.08 bits per heavy atom. The second-order valence-corrected chi connectivity index (χ2v) is 9.65. The SMILES string of the molecule is Cc1cccc(COc2ccc(/C(O)=C3/C(=O)C(=O)N(c4nccs4)C3c3cccc(Cl)c3)cc2)c1. The van der Waals surface area contributed by atoms with E-state index < -0.39 is 17.7 Å². The number of ketones is 1. The molecule has 36 heavy (non-hydrogen) atoms. The third kappa shape index (κ3) is 4.63. The van der Waals surface area contributed by atoms with Crippen LogP contribution < -0.4 is 9.64 Å². The first-order valence-electron chi connectivity index (χ1n) is 11.2. The number of carbonyl (C=O) groups excluding carboxylic acids is 2. The Kier molecular flexibility index (Phi) is 6.59. The van der Waals surface area contributed by atoms with Crippen molar-refractivity contribution in [2.24, 2.45) is 0 Å². The van der Waals surface area contributed by atoms with E-state index in [1.165, 1.54) is 16.2 Å². The first-order valence-corrected chi connectivity index (χ1v) is 12.4. The number of aliphatic hydroxyl groups is 1. The number of amides is 1. The number of aryl methyl sites for hydroxylation is 1. The van der Waals surface area contributed by atoms with Gasteiger partial charge in [-0.2, -0.15) is 0 Å². The van der Waals surface area contributed by atoms with Crippen LogP contribution in [0, 0.1) is 6.92 Å². The van der Waals surface area contributed by atoms with Crippen LogP contribution in [0.15, 0.2) is 89.9 Å². The summed E-state index contributed by atoms with van der Waals surface area (Å²) in [5.41, 5.74) is 3.16. The van der Waals surface area contributed by atoms with Gasteiger partial charge in [0.25, 0.3) is 5.78 Å². The molecule has 1 aromatic heterocycles. The smallest absolute Gasteiger partial charge is 0.301 e. The predicted molar refractivity (Wildman–Crippen MR) is 140 cm³/mol. The van der Waals surface area contributed by atoms with Crippen molar-refractivity contribution in [1.29, 1.82) is 0 Å². The maximum Gasteiger partial charge on any atom is 0.301 e. The van der Waals surface area contributed by atoms with E-state index in [1.807, 2.05) is 25.1 Å². The molecule has 1 amide bonds. The van der Waals surface area contributed by atoms with Crippen molar-refractivity contribution < 1.29 is 19.4 Å². The highest BCUT2D eigenvalue weighted by molar-refractivity contribution is 7.14. The van der Waals surface area contributed by atoms with E-state index in [4.69, 9.17) is 16.3 Å². The van der Waals surface area contributed by atoms with Crippen LogP contribution in [0.3, 0.4) is 0 Å². The summed E-state index contributed by atoms with van der Waals surface area (Å²) in [5.74, 6) is -1.20. The van der Waals surface area contributed by atoms with Gasteiger partial charge in [0.2, 0.25) is 0 Å². The predicted octanol–water partition coefficient (Wildman–Crippen LogP) is 6.31. The van der Waals surface area contributed by atoms with Gasteiger partial charge in [-0.3, -0.25) is 14.5 Å². The summed E-state index contributed by atoms with van der Waals surface area (Å²) < 4.78 is 5.87. The number of hydrogen-bond acceptors (Lipinski definition) is 6. The molecule has 0 aliphatic carbocycles. The quantitative estimate of drug-likeness (QED) is 0.184. The van der Waals surface area contributed by atoms with E-state index in [2.05, 4.69) is 11.1 Å². The van der Waals surface area contributed by atoms with Crippen molar-refractivity contribution in [2.75, 3.05) is 4.90 Å². The highest BCUT2D eigenvalue weighted by Crippen LogP contribution is 2.43. The number of carbonyl (C=O) groups is 2. The average molecular weight is 517 g/mol. The first-order chi connectivity index (χ1) is 17.4. The average Bonchev–Trinajstić information content (AvgIpc) is 3.49. The summed E-state index contributed by atoms with van der Waals surface area (Å²) in [5, 5.41) is 13.8. The number of benzene rings is 3. The molecule has 1 atom stereocenters. The highest BCUT2D eigenvalue weighted by atomic mass is 35.5. The standard InChI is InChI=1S/C28H21ClN2O4S/c1-17-4-2-5-18(14-17)16-35-22-10-8-19(9-11-22)25(32)23-24(20-6-3-7-21(29)15-20)31(27(34)26(23)33)28-30-12-13-36-28/h2-15,24,32H,16H2,1H3/b25-23-. The zero-order valence-corrected chi connectivity index (χ0v) is 20.8. The molecule has 6 nitrogen and oxygen atoms in total. The fraction of sp³-hybridized carbons (Fsp3) is 0.107. The molecule has 180 valence electrons. The van der Waals surface area contributed by atoms with Crippen LogP contribution in [0.2, 0.25) is 5.02 Å². The number of hydrogen-bond donors (Lipinski definition) is 1. The molecule has 0 radical (unpaired) electrons. The van der Waals surface area contributed by atoms with Gasteiger partial charge in [-0.05, 0) is 54.4 Å². The summed E-state index contributed by atoms with van der Waals surface area (Å²) in [4.78, 5) is 31.8. The fourth-order valence-electron chi connectivity index (χ4n) is 4.19. The van der Waals surface area contributed by atoms with Crippen molar-refractivity contribution in [3.63, 3.8) is 0 Å². The molecule has 1 saturated heterocycles. The highest BCUT2D eigenvalue weighted by Gasteiger charge is 2.48. The van der Waals surface area contributed by atoms with Gasteiger partial charge >= 0.3 is 5.91 Å². The number of Topliss-reactive ketones (excluding diaryl/α,β-unsaturated/α-hetero) is 1. The Morgan fingerprint density at radius 3 is 2.56 bits per heavy atom. The van der Waals surface area contributed by atoms with Crippen LogP contribution in [0.4, 0.5) is 5.13 Å². The molecule has 1 aliphatic heterocycles. The third-order valence-electron chi connectivity index (χ3n) is 5.85. The summed E-state index contributed by atoms with van der Waals surface area (Å²) in [7, 11) is 0. The van der Waals surface area contributed by atoms with Crippen LogP contribution >= 0.6 is 22.9 Å². The lowest BCUT2D eigenvalue weighted by atomic mass is 9.95. The summed E-state index contributed by atoms with van der Waals surface area (Å²) in [6, 6.07) is 20.8. The molecule has 1 N–H and O–H groups in total. The van der Waals surface area contributed by atoms with E-state index in [0.29, 0.717) is 33.6 Å². The van der Waals surface area contributed by atoms with E-state index in [9.17, 15) is 14.7 Å². The molecule has 0 saturated carbocycles.